The molecule has 0 aromatic heterocycles. The van der Waals surface area contributed by atoms with Crippen LogP contribution in [0.2, 0.25) is 0 Å². The summed E-state index contributed by atoms with van der Waals surface area (Å²) in [5, 5.41) is 3.94. The number of oxime groups is 1. The molecule has 0 atom stereocenters. The highest BCUT2D eigenvalue weighted by Crippen LogP contribution is 2.35. The van der Waals surface area contributed by atoms with E-state index in [1.165, 1.54) is 41.2 Å². The predicted octanol–water partition coefficient (Wildman–Crippen LogP) is 5.23. The van der Waals surface area contributed by atoms with Crippen LogP contribution in [0.4, 0.5) is 0 Å². The summed E-state index contributed by atoms with van der Waals surface area (Å²) in [7, 11) is 0. The van der Waals surface area contributed by atoms with Crippen molar-refractivity contribution in [2.45, 2.75) is 58.5 Å². The third-order valence-electron chi connectivity index (χ3n) is 3.89. The lowest BCUT2D eigenvalue weighted by atomic mass is 9.84. The lowest BCUT2D eigenvalue weighted by molar-refractivity contribution is 0.119. The van der Waals surface area contributed by atoms with Crippen molar-refractivity contribution in [1.82, 2.24) is 0 Å². The molecule has 1 aliphatic carbocycles. The van der Waals surface area contributed by atoms with Gasteiger partial charge in [-0.15, -0.1) is 0 Å². The molecule has 3 nitrogen and oxygen atoms in total. The molecular weight excluding hydrogens is 377 g/mol. The molecule has 0 aliphatic heterocycles. The Labute approximate surface area is 141 Å². The van der Waals surface area contributed by atoms with Crippen molar-refractivity contribution in [3.05, 3.63) is 32.9 Å². The fourth-order valence-electron chi connectivity index (χ4n) is 2.84. The van der Waals surface area contributed by atoms with Crippen LogP contribution >= 0.6 is 22.6 Å². The first kappa shape index (κ1) is 16.6. The second-order valence-electron chi connectivity index (χ2n) is 5.51. The second kappa shape index (κ2) is 8.61. The van der Waals surface area contributed by atoms with Crippen LogP contribution in [-0.2, 0) is 16.2 Å². The van der Waals surface area contributed by atoms with E-state index in [9.17, 15) is 0 Å². The number of halogens is 1. The highest BCUT2D eigenvalue weighted by Gasteiger charge is 2.17. The van der Waals surface area contributed by atoms with Crippen LogP contribution in [0.15, 0.2) is 23.4 Å². The van der Waals surface area contributed by atoms with Crippen molar-refractivity contribution < 1.29 is 9.57 Å². The van der Waals surface area contributed by atoms with E-state index in [1.807, 2.05) is 6.92 Å². The van der Waals surface area contributed by atoms with Crippen LogP contribution in [0.25, 0.3) is 0 Å². The summed E-state index contributed by atoms with van der Waals surface area (Å²) in [6, 6.07) is 6.66. The minimum atomic E-state index is 0.491. The molecule has 2 rings (SSSR count). The minimum Gasteiger partial charge on any atom is -0.479 e. The van der Waals surface area contributed by atoms with Gasteiger partial charge in [-0.1, -0.05) is 36.6 Å². The third kappa shape index (κ3) is 5.16. The molecule has 0 spiro atoms. The van der Waals surface area contributed by atoms with E-state index in [0.717, 1.165) is 11.5 Å². The number of benzene rings is 1. The van der Waals surface area contributed by atoms with Crippen LogP contribution in [-0.4, -0.2) is 12.5 Å². The molecular formula is C17H24INO2. The number of hydrogen-bond donors (Lipinski definition) is 0. The predicted molar refractivity (Wildman–Crippen MR) is 94.5 cm³/mol. The van der Waals surface area contributed by atoms with Gasteiger partial charge < -0.3 is 9.57 Å². The zero-order valence-corrected chi connectivity index (χ0v) is 15.1. The summed E-state index contributed by atoms with van der Waals surface area (Å²) in [5.74, 6) is 1.32. The fourth-order valence-corrected chi connectivity index (χ4v) is 3.86. The SMILES string of the molecule is CCO/C(C)=N/OCc1ccc(C2CCCCC2)c(I)c1. The van der Waals surface area contributed by atoms with Gasteiger partial charge in [0.25, 0.3) is 0 Å². The average Bonchev–Trinajstić information content (AvgIpc) is 2.48. The Morgan fingerprint density at radius 2 is 2.05 bits per heavy atom. The number of hydrogen-bond acceptors (Lipinski definition) is 3. The van der Waals surface area contributed by atoms with Crippen molar-refractivity contribution in [2.24, 2.45) is 5.16 Å². The van der Waals surface area contributed by atoms with Gasteiger partial charge in [-0.3, -0.25) is 0 Å². The molecule has 1 aromatic carbocycles. The van der Waals surface area contributed by atoms with Gasteiger partial charge >= 0.3 is 0 Å². The van der Waals surface area contributed by atoms with Gasteiger partial charge in [0, 0.05) is 10.5 Å². The summed E-state index contributed by atoms with van der Waals surface area (Å²) in [4.78, 5) is 5.33. The van der Waals surface area contributed by atoms with Gasteiger partial charge in [0.1, 0.15) is 6.61 Å². The maximum Gasteiger partial charge on any atom is 0.222 e. The highest BCUT2D eigenvalue weighted by atomic mass is 127. The van der Waals surface area contributed by atoms with Crippen LogP contribution in [0.3, 0.4) is 0 Å². The van der Waals surface area contributed by atoms with E-state index in [0.29, 0.717) is 19.1 Å². The van der Waals surface area contributed by atoms with E-state index < -0.39 is 0 Å². The Balaban J connectivity index is 1.93. The zero-order valence-electron chi connectivity index (χ0n) is 12.9. The van der Waals surface area contributed by atoms with Crippen molar-refractivity contribution in [3.63, 3.8) is 0 Å². The molecule has 0 bridgehead atoms. The van der Waals surface area contributed by atoms with Gasteiger partial charge in [0.05, 0.1) is 6.61 Å². The molecule has 0 amide bonds. The average molecular weight is 401 g/mol. The van der Waals surface area contributed by atoms with Crippen LogP contribution in [0.1, 0.15) is 63.0 Å². The van der Waals surface area contributed by atoms with Crippen molar-refractivity contribution in [2.75, 3.05) is 6.61 Å². The van der Waals surface area contributed by atoms with Gasteiger partial charge in [-0.25, -0.2) is 0 Å². The van der Waals surface area contributed by atoms with E-state index >= 15 is 0 Å². The molecule has 0 N–H and O–H groups in total. The minimum absolute atomic E-state index is 0.491. The molecule has 0 radical (unpaired) electrons. The van der Waals surface area contributed by atoms with Crippen LogP contribution in [0.5, 0.6) is 0 Å². The Kier molecular flexibility index (Phi) is 6.80. The standard InChI is InChI=1S/C17H24INO2/c1-3-20-13(2)19-21-12-14-9-10-16(17(18)11-14)15-7-5-4-6-8-15/h9-11,15H,3-8,12H2,1-2H3/b19-13+. The monoisotopic (exact) mass is 401 g/mol. The van der Waals surface area contributed by atoms with Crippen molar-refractivity contribution in [3.8, 4) is 0 Å². The molecule has 1 saturated carbocycles. The molecule has 21 heavy (non-hydrogen) atoms. The van der Waals surface area contributed by atoms with Crippen molar-refractivity contribution >= 4 is 28.5 Å². The summed E-state index contributed by atoms with van der Waals surface area (Å²) >= 11 is 2.45. The molecule has 0 heterocycles. The molecule has 116 valence electrons. The Bertz CT molecular complexity index is 482. The van der Waals surface area contributed by atoms with Crippen LogP contribution in [0, 0.1) is 3.57 Å². The fraction of sp³-hybridized carbons (Fsp3) is 0.588. The zero-order chi connectivity index (χ0) is 15.1. The van der Waals surface area contributed by atoms with Crippen molar-refractivity contribution in [1.29, 1.82) is 0 Å². The lowest BCUT2D eigenvalue weighted by Gasteiger charge is -2.23. The van der Waals surface area contributed by atoms with Gasteiger partial charge in [0.2, 0.25) is 5.90 Å². The lowest BCUT2D eigenvalue weighted by Crippen LogP contribution is -2.06. The topological polar surface area (TPSA) is 30.8 Å². The molecule has 0 saturated heterocycles. The Morgan fingerprint density at radius 1 is 1.29 bits per heavy atom. The van der Waals surface area contributed by atoms with E-state index in [1.54, 1.807) is 6.92 Å². The van der Waals surface area contributed by atoms with E-state index in [-0.39, 0.29) is 0 Å². The molecule has 4 heteroatoms. The third-order valence-corrected chi connectivity index (χ3v) is 4.82. The first-order chi connectivity index (χ1) is 10.2. The summed E-state index contributed by atoms with van der Waals surface area (Å²) < 4.78 is 6.58. The van der Waals surface area contributed by atoms with Gasteiger partial charge in [-0.2, -0.15) is 0 Å². The first-order valence-electron chi connectivity index (χ1n) is 7.78. The number of ether oxygens (including phenoxy) is 1. The van der Waals surface area contributed by atoms with E-state index in [2.05, 4.69) is 45.9 Å². The van der Waals surface area contributed by atoms with Gasteiger partial charge in [-0.05, 0) is 65.5 Å². The highest BCUT2D eigenvalue weighted by molar-refractivity contribution is 14.1. The first-order valence-corrected chi connectivity index (χ1v) is 8.86. The van der Waals surface area contributed by atoms with Gasteiger partial charge in [0.15, 0.2) is 0 Å². The summed E-state index contributed by atoms with van der Waals surface area (Å²) in [5.41, 5.74) is 2.67. The van der Waals surface area contributed by atoms with E-state index in [4.69, 9.17) is 9.57 Å². The summed E-state index contributed by atoms with van der Waals surface area (Å²) in [6.07, 6.45) is 6.82. The molecule has 1 fully saturated rings. The number of rotatable bonds is 5. The quantitative estimate of drug-likeness (QED) is 0.293. The smallest absolute Gasteiger partial charge is 0.222 e. The Morgan fingerprint density at radius 3 is 2.71 bits per heavy atom. The molecule has 1 aromatic rings. The molecule has 0 unspecified atom stereocenters. The molecule has 1 aliphatic rings. The normalized spacial score (nSPS) is 16.8. The number of nitrogens with zero attached hydrogens (tertiary/aromatic N) is 1. The second-order valence-corrected chi connectivity index (χ2v) is 6.67. The summed E-state index contributed by atoms with van der Waals surface area (Å²) in [6.45, 7) is 4.85. The van der Waals surface area contributed by atoms with Crippen LogP contribution < -0.4 is 0 Å². The maximum atomic E-state index is 5.33. The maximum absolute atomic E-state index is 5.33. The largest absolute Gasteiger partial charge is 0.479 e. The Hall–Kier alpha value is -0.780.